The highest BCUT2D eigenvalue weighted by Crippen LogP contribution is 2.35. The van der Waals surface area contributed by atoms with Crippen molar-refractivity contribution in [3.63, 3.8) is 0 Å². The van der Waals surface area contributed by atoms with E-state index in [0.29, 0.717) is 6.04 Å². The number of ether oxygens (including phenoxy) is 1. The first kappa shape index (κ1) is 16.5. The van der Waals surface area contributed by atoms with Crippen molar-refractivity contribution < 1.29 is 4.74 Å². The Bertz CT molecular complexity index is 455. The van der Waals surface area contributed by atoms with E-state index in [0.717, 1.165) is 31.9 Å². The topological polar surface area (TPSA) is 27.7 Å². The van der Waals surface area contributed by atoms with Crippen LogP contribution in [0.3, 0.4) is 0 Å². The predicted molar refractivity (Wildman–Crippen MR) is 91.4 cm³/mol. The zero-order chi connectivity index (χ0) is 15.2. The number of methoxy groups -OCH3 is 1. The van der Waals surface area contributed by atoms with Gasteiger partial charge in [-0.25, -0.2) is 4.31 Å². The van der Waals surface area contributed by atoms with Crippen molar-refractivity contribution in [2.45, 2.75) is 31.2 Å². The first-order valence-electron chi connectivity index (χ1n) is 7.70. The van der Waals surface area contributed by atoms with Gasteiger partial charge in [0.2, 0.25) is 0 Å². The van der Waals surface area contributed by atoms with Gasteiger partial charge >= 0.3 is 0 Å². The minimum Gasteiger partial charge on any atom is -0.495 e. The van der Waals surface area contributed by atoms with Gasteiger partial charge in [0.05, 0.1) is 12.8 Å². The second-order valence-electron chi connectivity index (χ2n) is 5.52. The van der Waals surface area contributed by atoms with Crippen molar-refractivity contribution >= 4 is 17.6 Å². The first-order valence-corrected chi connectivity index (χ1v) is 8.47. The van der Waals surface area contributed by atoms with Gasteiger partial charge in [0.25, 0.3) is 0 Å². The maximum absolute atomic E-state index is 5.57. The van der Waals surface area contributed by atoms with E-state index in [1.165, 1.54) is 17.0 Å². The molecule has 118 valence electrons. The Balaban J connectivity index is 2.21. The number of piperazine rings is 1. The van der Waals surface area contributed by atoms with E-state index in [9.17, 15) is 0 Å². The van der Waals surface area contributed by atoms with Gasteiger partial charge < -0.3 is 15.0 Å². The van der Waals surface area contributed by atoms with Gasteiger partial charge in [-0.3, -0.25) is 0 Å². The Morgan fingerprint density at radius 1 is 1.48 bits per heavy atom. The average molecular weight is 309 g/mol. The lowest BCUT2D eigenvalue weighted by Gasteiger charge is -2.36. The average Bonchev–Trinajstić information content (AvgIpc) is 2.48. The van der Waals surface area contributed by atoms with Gasteiger partial charge in [-0.1, -0.05) is 6.92 Å². The van der Waals surface area contributed by atoms with Crippen LogP contribution < -0.4 is 15.0 Å². The van der Waals surface area contributed by atoms with Crippen molar-refractivity contribution in [1.82, 2.24) is 9.62 Å². The molecule has 0 bridgehead atoms. The van der Waals surface area contributed by atoms with E-state index in [1.807, 2.05) is 0 Å². The third kappa shape index (κ3) is 4.28. The predicted octanol–water partition coefficient (Wildman–Crippen LogP) is 2.84. The highest BCUT2D eigenvalue weighted by molar-refractivity contribution is 7.97. The van der Waals surface area contributed by atoms with Crippen molar-refractivity contribution in [3.05, 3.63) is 18.2 Å². The molecule has 0 spiro atoms. The number of nitrogens with one attached hydrogen (secondary N) is 1. The molecule has 1 unspecified atom stereocenters. The molecular weight excluding hydrogens is 282 g/mol. The summed E-state index contributed by atoms with van der Waals surface area (Å²) in [5.41, 5.74) is 1.21. The lowest BCUT2D eigenvalue weighted by atomic mass is 10.1. The number of benzene rings is 1. The van der Waals surface area contributed by atoms with Gasteiger partial charge in [0.1, 0.15) is 5.75 Å². The van der Waals surface area contributed by atoms with E-state index in [4.69, 9.17) is 4.74 Å². The van der Waals surface area contributed by atoms with Crippen LogP contribution in [-0.4, -0.2) is 50.7 Å². The van der Waals surface area contributed by atoms with Crippen molar-refractivity contribution in [1.29, 1.82) is 0 Å². The van der Waals surface area contributed by atoms with Gasteiger partial charge in [-0.05, 0) is 50.5 Å². The van der Waals surface area contributed by atoms with Crippen LogP contribution in [0.2, 0.25) is 0 Å². The fraction of sp³-hybridized carbons (Fsp3) is 0.625. The van der Waals surface area contributed by atoms with Gasteiger partial charge in [-0.15, -0.1) is 0 Å². The molecule has 1 aromatic rings. The van der Waals surface area contributed by atoms with Crippen molar-refractivity contribution in [3.8, 4) is 5.75 Å². The SMILES string of the molecule is CCCN(C)Sc1ccc(OC)c(N2CCNCC2C)c1. The molecule has 0 aromatic heterocycles. The van der Waals surface area contributed by atoms with E-state index in [-0.39, 0.29) is 0 Å². The summed E-state index contributed by atoms with van der Waals surface area (Å²) < 4.78 is 7.85. The Labute approximate surface area is 133 Å². The molecule has 1 fully saturated rings. The molecule has 0 amide bonds. The van der Waals surface area contributed by atoms with E-state index < -0.39 is 0 Å². The lowest BCUT2D eigenvalue weighted by molar-refractivity contribution is 0.408. The lowest BCUT2D eigenvalue weighted by Crippen LogP contribution is -2.50. The molecule has 1 atom stereocenters. The third-order valence-electron chi connectivity index (χ3n) is 3.76. The molecule has 21 heavy (non-hydrogen) atoms. The van der Waals surface area contributed by atoms with Crippen LogP contribution in [0.1, 0.15) is 20.3 Å². The molecule has 1 N–H and O–H groups in total. The summed E-state index contributed by atoms with van der Waals surface area (Å²) >= 11 is 1.80. The summed E-state index contributed by atoms with van der Waals surface area (Å²) in [5, 5.41) is 3.44. The van der Waals surface area contributed by atoms with Crippen LogP contribution in [0.4, 0.5) is 5.69 Å². The number of nitrogens with zero attached hydrogens (tertiary/aromatic N) is 2. The first-order chi connectivity index (χ1) is 10.2. The summed E-state index contributed by atoms with van der Waals surface area (Å²) in [6.45, 7) is 8.64. The molecule has 1 aromatic carbocycles. The summed E-state index contributed by atoms with van der Waals surface area (Å²) in [5.74, 6) is 0.964. The molecule has 5 heteroatoms. The van der Waals surface area contributed by atoms with Crippen LogP contribution in [-0.2, 0) is 0 Å². The number of rotatable bonds is 6. The molecule has 1 heterocycles. The standard InChI is InChI=1S/C16H27N3OS/c1-5-9-18(3)21-14-6-7-16(20-4)15(11-14)19-10-8-17-12-13(19)2/h6-7,11,13,17H,5,8-10,12H2,1-4H3. The normalized spacial score (nSPS) is 19.1. The zero-order valence-electron chi connectivity index (χ0n) is 13.6. The van der Waals surface area contributed by atoms with Gasteiger partial charge in [0.15, 0.2) is 0 Å². The maximum Gasteiger partial charge on any atom is 0.142 e. The van der Waals surface area contributed by atoms with Crippen molar-refractivity contribution in [2.75, 3.05) is 45.2 Å². The number of hydrogen-bond donors (Lipinski definition) is 1. The van der Waals surface area contributed by atoms with Crippen LogP contribution in [0.15, 0.2) is 23.1 Å². The quantitative estimate of drug-likeness (QED) is 0.816. The molecule has 1 aliphatic heterocycles. The third-order valence-corrected chi connectivity index (χ3v) is 4.72. The Hall–Kier alpha value is -0.910. The Morgan fingerprint density at radius 3 is 2.95 bits per heavy atom. The summed E-state index contributed by atoms with van der Waals surface area (Å²) in [4.78, 5) is 3.71. The Kier molecular flexibility index (Phi) is 6.21. The number of hydrogen-bond acceptors (Lipinski definition) is 5. The minimum atomic E-state index is 0.487. The van der Waals surface area contributed by atoms with Gasteiger partial charge in [0, 0.05) is 37.1 Å². The molecule has 0 saturated carbocycles. The van der Waals surface area contributed by atoms with E-state index in [1.54, 1.807) is 19.1 Å². The minimum absolute atomic E-state index is 0.487. The summed E-state index contributed by atoms with van der Waals surface area (Å²) in [7, 11) is 3.90. The van der Waals surface area contributed by atoms with E-state index in [2.05, 4.69) is 53.6 Å². The molecule has 0 radical (unpaired) electrons. The highest BCUT2D eigenvalue weighted by atomic mass is 32.2. The fourth-order valence-electron chi connectivity index (χ4n) is 2.69. The monoisotopic (exact) mass is 309 g/mol. The summed E-state index contributed by atoms with van der Waals surface area (Å²) in [6, 6.07) is 6.98. The molecule has 4 nitrogen and oxygen atoms in total. The van der Waals surface area contributed by atoms with Crippen LogP contribution in [0.25, 0.3) is 0 Å². The molecule has 2 rings (SSSR count). The molecular formula is C16H27N3OS. The zero-order valence-corrected chi connectivity index (χ0v) is 14.4. The highest BCUT2D eigenvalue weighted by Gasteiger charge is 2.21. The smallest absolute Gasteiger partial charge is 0.142 e. The molecule has 1 saturated heterocycles. The largest absolute Gasteiger partial charge is 0.495 e. The number of anilines is 1. The van der Waals surface area contributed by atoms with Crippen molar-refractivity contribution in [2.24, 2.45) is 0 Å². The van der Waals surface area contributed by atoms with E-state index >= 15 is 0 Å². The van der Waals surface area contributed by atoms with Crippen LogP contribution in [0, 0.1) is 0 Å². The maximum atomic E-state index is 5.57. The van der Waals surface area contributed by atoms with Gasteiger partial charge in [-0.2, -0.15) is 0 Å². The second-order valence-corrected chi connectivity index (χ2v) is 6.80. The molecule has 1 aliphatic rings. The van der Waals surface area contributed by atoms with Crippen LogP contribution >= 0.6 is 11.9 Å². The fourth-order valence-corrected chi connectivity index (χ4v) is 3.62. The second kappa shape index (κ2) is 7.92. The Morgan fingerprint density at radius 2 is 2.29 bits per heavy atom. The van der Waals surface area contributed by atoms with Crippen LogP contribution in [0.5, 0.6) is 5.75 Å². The summed E-state index contributed by atoms with van der Waals surface area (Å²) in [6.07, 6.45) is 1.17. The molecule has 0 aliphatic carbocycles.